The van der Waals surface area contributed by atoms with Crippen LogP contribution in [0.2, 0.25) is 0 Å². The standard InChI is InChI=1S/C23H24N2O4S/c1-17-15-19(23(26)24-18(2)16-29-20-9-5-3-6-10-20)13-14-22(17)25-30(27,28)21-11-7-4-8-12-21/h3-15,18,25H,16H2,1-2H3,(H,24,26)/t18-/m0/s1. The van der Waals surface area contributed by atoms with Gasteiger partial charge >= 0.3 is 0 Å². The summed E-state index contributed by atoms with van der Waals surface area (Å²) in [6.45, 7) is 3.95. The first-order valence-electron chi connectivity index (χ1n) is 9.52. The van der Waals surface area contributed by atoms with Gasteiger partial charge in [0.1, 0.15) is 12.4 Å². The molecule has 0 saturated heterocycles. The molecular weight excluding hydrogens is 400 g/mol. The summed E-state index contributed by atoms with van der Waals surface area (Å²) < 4.78 is 33.2. The fourth-order valence-electron chi connectivity index (χ4n) is 2.81. The number of hydrogen-bond acceptors (Lipinski definition) is 4. The molecule has 7 heteroatoms. The molecular formula is C23H24N2O4S. The molecule has 1 amide bonds. The average Bonchev–Trinajstić information content (AvgIpc) is 2.75. The van der Waals surface area contributed by atoms with Crippen molar-refractivity contribution in [2.45, 2.75) is 24.8 Å². The largest absolute Gasteiger partial charge is 0.491 e. The van der Waals surface area contributed by atoms with Crippen LogP contribution in [0.4, 0.5) is 5.69 Å². The van der Waals surface area contributed by atoms with Crippen molar-refractivity contribution in [3.63, 3.8) is 0 Å². The predicted molar refractivity (Wildman–Crippen MR) is 117 cm³/mol. The molecule has 3 rings (SSSR count). The van der Waals surface area contributed by atoms with Gasteiger partial charge in [-0.15, -0.1) is 0 Å². The number of aryl methyl sites for hydroxylation is 1. The molecule has 0 aliphatic heterocycles. The van der Waals surface area contributed by atoms with Crippen molar-refractivity contribution >= 4 is 21.6 Å². The molecule has 0 aliphatic carbocycles. The lowest BCUT2D eigenvalue weighted by atomic mass is 10.1. The fourth-order valence-corrected chi connectivity index (χ4v) is 3.96. The lowest BCUT2D eigenvalue weighted by Crippen LogP contribution is -2.36. The summed E-state index contributed by atoms with van der Waals surface area (Å²) in [5.74, 6) is 0.490. The van der Waals surface area contributed by atoms with E-state index in [9.17, 15) is 13.2 Å². The quantitative estimate of drug-likeness (QED) is 0.573. The number of ether oxygens (including phenoxy) is 1. The molecule has 6 nitrogen and oxygen atoms in total. The highest BCUT2D eigenvalue weighted by Gasteiger charge is 2.16. The van der Waals surface area contributed by atoms with Gasteiger partial charge in [0, 0.05) is 5.56 Å². The third kappa shape index (κ3) is 5.61. The van der Waals surface area contributed by atoms with Crippen LogP contribution < -0.4 is 14.8 Å². The Balaban J connectivity index is 1.62. The third-order valence-electron chi connectivity index (χ3n) is 4.41. The van der Waals surface area contributed by atoms with Crippen molar-refractivity contribution in [3.05, 3.63) is 90.0 Å². The summed E-state index contributed by atoms with van der Waals surface area (Å²) in [6.07, 6.45) is 0. The number of amides is 1. The van der Waals surface area contributed by atoms with Gasteiger partial charge in [0.15, 0.2) is 0 Å². The molecule has 0 fully saturated rings. The summed E-state index contributed by atoms with van der Waals surface area (Å²) in [4.78, 5) is 12.7. The molecule has 0 heterocycles. The Morgan fingerprint density at radius 1 is 0.967 bits per heavy atom. The number of benzene rings is 3. The average molecular weight is 425 g/mol. The van der Waals surface area contributed by atoms with Crippen molar-refractivity contribution in [2.24, 2.45) is 0 Å². The Bertz CT molecular complexity index is 1100. The van der Waals surface area contributed by atoms with Crippen LogP contribution in [0.15, 0.2) is 83.8 Å². The second-order valence-electron chi connectivity index (χ2n) is 6.95. The van der Waals surface area contributed by atoms with E-state index >= 15 is 0 Å². The van der Waals surface area contributed by atoms with Crippen molar-refractivity contribution in [2.75, 3.05) is 11.3 Å². The third-order valence-corrected chi connectivity index (χ3v) is 5.79. The molecule has 0 aliphatic rings. The van der Waals surface area contributed by atoms with Crippen LogP contribution in [-0.4, -0.2) is 27.0 Å². The minimum absolute atomic E-state index is 0.179. The molecule has 0 bridgehead atoms. The van der Waals surface area contributed by atoms with E-state index in [2.05, 4.69) is 10.0 Å². The Hall–Kier alpha value is -3.32. The van der Waals surface area contributed by atoms with Crippen molar-refractivity contribution in [1.82, 2.24) is 5.32 Å². The second kappa shape index (κ2) is 9.45. The smallest absolute Gasteiger partial charge is 0.261 e. The summed E-state index contributed by atoms with van der Waals surface area (Å²) in [6, 6.07) is 22.2. The second-order valence-corrected chi connectivity index (χ2v) is 8.63. The predicted octanol–water partition coefficient (Wildman–Crippen LogP) is 3.99. The minimum Gasteiger partial charge on any atom is -0.491 e. The molecule has 0 unspecified atom stereocenters. The number of anilines is 1. The number of sulfonamides is 1. The van der Waals surface area contributed by atoms with Gasteiger partial charge in [0.2, 0.25) is 0 Å². The molecule has 0 radical (unpaired) electrons. The van der Waals surface area contributed by atoms with Crippen LogP contribution >= 0.6 is 0 Å². The number of nitrogens with one attached hydrogen (secondary N) is 2. The Morgan fingerprint density at radius 2 is 1.60 bits per heavy atom. The molecule has 3 aromatic rings. The lowest BCUT2D eigenvalue weighted by Gasteiger charge is -2.16. The summed E-state index contributed by atoms with van der Waals surface area (Å²) in [7, 11) is -3.69. The maximum atomic E-state index is 12.5. The van der Waals surface area contributed by atoms with E-state index in [1.165, 1.54) is 12.1 Å². The van der Waals surface area contributed by atoms with E-state index in [1.54, 1.807) is 43.3 Å². The zero-order chi connectivity index (χ0) is 21.6. The van der Waals surface area contributed by atoms with E-state index in [-0.39, 0.29) is 16.8 Å². The maximum absolute atomic E-state index is 12.5. The van der Waals surface area contributed by atoms with Gasteiger partial charge in [-0.25, -0.2) is 8.42 Å². The maximum Gasteiger partial charge on any atom is 0.261 e. The van der Waals surface area contributed by atoms with Gasteiger partial charge in [-0.2, -0.15) is 0 Å². The number of hydrogen-bond donors (Lipinski definition) is 2. The highest BCUT2D eigenvalue weighted by atomic mass is 32.2. The lowest BCUT2D eigenvalue weighted by molar-refractivity contribution is 0.0926. The van der Waals surface area contributed by atoms with Crippen molar-refractivity contribution in [3.8, 4) is 5.75 Å². The first kappa shape index (κ1) is 21.4. The van der Waals surface area contributed by atoms with E-state index < -0.39 is 10.0 Å². The van der Waals surface area contributed by atoms with E-state index in [4.69, 9.17) is 4.74 Å². The van der Waals surface area contributed by atoms with Crippen LogP contribution in [0, 0.1) is 6.92 Å². The highest BCUT2D eigenvalue weighted by molar-refractivity contribution is 7.92. The number of para-hydroxylation sites is 1. The highest BCUT2D eigenvalue weighted by Crippen LogP contribution is 2.21. The van der Waals surface area contributed by atoms with Gasteiger partial charge < -0.3 is 10.1 Å². The zero-order valence-corrected chi connectivity index (χ0v) is 17.6. The first-order chi connectivity index (χ1) is 14.3. The molecule has 30 heavy (non-hydrogen) atoms. The van der Waals surface area contributed by atoms with Gasteiger partial charge in [-0.1, -0.05) is 36.4 Å². The van der Waals surface area contributed by atoms with E-state index in [0.29, 0.717) is 23.4 Å². The number of rotatable bonds is 8. The van der Waals surface area contributed by atoms with Gasteiger partial charge in [-0.3, -0.25) is 9.52 Å². The van der Waals surface area contributed by atoms with Crippen molar-refractivity contribution in [1.29, 1.82) is 0 Å². The molecule has 156 valence electrons. The molecule has 0 aromatic heterocycles. The summed E-state index contributed by atoms with van der Waals surface area (Å²) >= 11 is 0. The normalized spacial score (nSPS) is 12.1. The Kier molecular flexibility index (Phi) is 6.74. The SMILES string of the molecule is Cc1cc(C(=O)N[C@@H](C)COc2ccccc2)ccc1NS(=O)(=O)c1ccccc1. The Morgan fingerprint density at radius 3 is 2.23 bits per heavy atom. The minimum atomic E-state index is -3.69. The Labute approximate surface area is 177 Å². The summed E-state index contributed by atoms with van der Waals surface area (Å²) in [5.41, 5.74) is 1.52. The van der Waals surface area contributed by atoms with E-state index in [0.717, 1.165) is 5.75 Å². The molecule has 1 atom stereocenters. The molecule has 2 N–H and O–H groups in total. The van der Waals surface area contributed by atoms with Gasteiger partial charge in [0.05, 0.1) is 16.6 Å². The number of carbonyl (C=O) groups is 1. The van der Waals surface area contributed by atoms with Crippen LogP contribution in [0.25, 0.3) is 0 Å². The number of carbonyl (C=O) groups excluding carboxylic acids is 1. The first-order valence-corrected chi connectivity index (χ1v) is 11.0. The molecule has 3 aromatic carbocycles. The van der Waals surface area contributed by atoms with Gasteiger partial charge in [0.25, 0.3) is 15.9 Å². The van der Waals surface area contributed by atoms with Gasteiger partial charge in [-0.05, 0) is 61.9 Å². The van der Waals surface area contributed by atoms with E-state index in [1.807, 2.05) is 37.3 Å². The zero-order valence-electron chi connectivity index (χ0n) is 16.8. The van der Waals surface area contributed by atoms with Crippen LogP contribution in [0.1, 0.15) is 22.8 Å². The van der Waals surface area contributed by atoms with Crippen LogP contribution in [-0.2, 0) is 10.0 Å². The molecule has 0 saturated carbocycles. The summed E-state index contributed by atoms with van der Waals surface area (Å²) in [5, 5.41) is 2.88. The molecule has 0 spiro atoms. The van der Waals surface area contributed by atoms with Crippen molar-refractivity contribution < 1.29 is 17.9 Å². The monoisotopic (exact) mass is 424 g/mol. The topological polar surface area (TPSA) is 84.5 Å². The fraction of sp³-hybridized carbons (Fsp3) is 0.174. The van der Waals surface area contributed by atoms with Crippen LogP contribution in [0.5, 0.6) is 5.75 Å². The van der Waals surface area contributed by atoms with Crippen LogP contribution in [0.3, 0.4) is 0 Å².